The molecule has 4 aromatic rings. The number of hydrogen-bond donors (Lipinski definition) is 1. The fraction of sp³-hybridized carbons (Fsp3) is 0.200. The molecule has 0 saturated heterocycles. The van der Waals surface area contributed by atoms with Crippen molar-refractivity contribution in [3.05, 3.63) is 68.9 Å². The maximum Gasteiger partial charge on any atom is 0.328 e. The normalized spacial score (nSPS) is 11.2. The summed E-state index contributed by atoms with van der Waals surface area (Å²) in [7, 11) is 1.52. The van der Waals surface area contributed by atoms with Gasteiger partial charge in [-0.05, 0) is 30.7 Å². The average molecular weight is 378 g/mol. The third-order valence-corrected chi connectivity index (χ3v) is 4.56. The summed E-state index contributed by atoms with van der Waals surface area (Å²) in [5.41, 5.74) is 2.09. The summed E-state index contributed by atoms with van der Waals surface area (Å²) in [6.07, 6.45) is 0. The fourth-order valence-electron chi connectivity index (χ4n) is 3.05. The van der Waals surface area contributed by atoms with Gasteiger partial charge in [-0.25, -0.2) is 4.79 Å². The van der Waals surface area contributed by atoms with Crippen LogP contribution in [0, 0.1) is 6.92 Å². The molecule has 8 nitrogen and oxygen atoms in total. The number of H-pyrrole nitrogens is 1. The number of aromatic nitrogens is 4. The molecule has 1 N–H and O–H groups in total. The lowest BCUT2D eigenvalue weighted by atomic mass is 10.1. The van der Waals surface area contributed by atoms with E-state index in [1.54, 1.807) is 18.2 Å². The SMILES string of the molecule is COCCn1c(=O)[nH]c2cc(-c3nc(-c4ccccc4C)no3)ccc2c1=O. The van der Waals surface area contributed by atoms with Crippen molar-refractivity contribution < 1.29 is 9.26 Å². The van der Waals surface area contributed by atoms with Crippen molar-refractivity contribution in [2.24, 2.45) is 0 Å². The first kappa shape index (κ1) is 17.9. The zero-order valence-corrected chi connectivity index (χ0v) is 15.4. The van der Waals surface area contributed by atoms with Gasteiger partial charge in [-0.15, -0.1) is 0 Å². The Kier molecular flexibility index (Phi) is 4.62. The number of fused-ring (bicyclic) bond motifs is 1. The monoisotopic (exact) mass is 378 g/mol. The maximum absolute atomic E-state index is 12.6. The largest absolute Gasteiger partial charge is 0.383 e. The second-order valence-electron chi connectivity index (χ2n) is 6.38. The van der Waals surface area contributed by atoms with Gasteiger partial charge in [0.25, 0.3) is 11.4 Å². The van der Waals surface area contributed by atoms with Crippen LogP contribution in [0.4, 0.5) is 0 Å². The number of benzene rings is 2. The third-order valence-electron chi connectivity index (χ3n) is 4.56. The molecule has 0 aliphatic rings. The molecule has 142 valence electrons. The van der Waals surface area contributed by atoms with Crippen molar-refractivity contribution in [2.45, 2.75) is 13.5 Å². The van der Waals surface area contributed by atoms with E-state index in [2.05, 4.69) is 15.1 Å². The number of hydrogen-bond acceptors (Lipinski definition) is 6. The number of methoxy groups -OCH3 is 1. The second-order valence-corrected chi connectivity index (χ2v) is 6.38. The smallest absolute Gasteiger partial charge is 0.328 e. The van der Waals surface area contributed by atoms with Crippen LogP contribution in [0.5, 0.6) is 0 Å². The minimum absolute atomic E-state index is 0.186. The summed E-state index contributed by atoms with van der Waals surface area (Å²) in [6.45, 7) is 2.43. The van der Waals surface area contributed by atoms with Crippen LogP contribution in [0.2, 0.25) is 0 Å². The van der Waals surface area contributed by atoms with Gasteiger partial charge in [-0.2, -0.15) is 4.98 Å². The maximum atomic E-state index is 12.6. The van der Waals surface area contributed by atoms with Gasteiger partial charge >= 0.3 is 5.69 Å². The zero-order chi connectivity index (χ0) is 19.7. The molecule has 2 heterocycles. The lowest BCUT2D eigenvalue weighted by molar-refractivity contribution is 0.185. The van der Waals surface area contributed by atoms with Gasteiger partial charge in [0.05, 0.1) is 24.1 Å². The highest BCUT2D eigenvalue weighted by molar-refractivity contribution is 5.82. The first-order chi connectivity index (χ1) is 13.6. The number of ether oxygens (including phenoxy) is 1. The van der Waals surface area contributed by atoms with Crippen LogP contribution in [0.25, 0.3) is 33.7 Å². The van der Waals surface area contributed by atoms with Crippen molar-refractivity contribution in [1.82, 2.24) is 19.7 Å². The topological polar surface area (TPSA) is 103 Å². The molecule has 0 saturated carbocycles. The van der Waals surface area contributed by atoms with E-state index < -0.39 is 5.69 Å². The predicted molar refractivity (Wildman–Crippen MR) is 104 cm³/mol. The van der Waals surface area contributed by atoms with E-state index in [1.165, 1.54) is 7.11 Å². The second kappa shape index (κ2) is 7.24. The Morgan fingerprint density at radius 1 is 1.18 bits per heavy atom. The number of aromatic amines is 1. The van der Waals surface area contributed by atoms with Gasteiger partial charge in [-0.3, -0.25) is 9.36 Å². The van der Waals surface area contributed by atoms with Crippen LogP contribution >= 0.6 is 0 Å². The van der Waals surface area contributed by atoms with E-state index in [1.807, 2.05) is 31.2 Å². The molecule has 28 heavy (non-hydrogen) atoms. The summed E-state index contributed by atoms with van der Waals surface area (Å²) in [6, 6.07) is 12.8. The van der Waals surface area contributed by atoms with Crippen LogP contribution in [0.15, 0.2) is 56.6 Å². The molecule has 0 radical (unpaired) electrons. The summed E-state index contributed by atoms with van der Waals surface area (Å²) in [4.78, 5) is 32.0. The zero-order valence-electron chi connectivity index (χ0n) is 15.4. The van der Waals surface area contributed by atoms with Crippen LogP contribution < -0.4 is 11.2 Å². The summed E-state index contributed by atoms with van der Waals surface area (Å²) in [5, 5.41) is 4.45. The predicted octanol–water partition coefficient (Wildman–Crippen LogP) is 2.36. The first-order valence-corrected chi connectivity index (χ1v) is 8.74. The molecular weight excluding hydrogens is 360 g/mol. The Bertz CT molecular complexity index is 1270. The number of nitrogens with one attached hydrogen (secondary N) is 1. The van der Waals surface area contributed by atoms with E-state index in [0.29, 0.717) is 28.2 Å². The average Bonchev–Trinajstić information content (AvgIpc) is 3.18. The van der Waals surface area contributed by atoms with Crippen molar-refractivity contribution in [2.75, 3.05) is 13.7 Å². The number of rotatable bonds is 5. The minimum Gasteiger partial charge on any atom is -0.383 e. The van der Waals surface area contributed by atoms with Crippen LogP contribution in [0.1, 0.15) is 5.56 Å². The molecule has 0 spiro atoms. The molecule has 4 rings (SSSR count). The molecule has 8 heteroatoms. The molecule has 2 aromatic heterocycles. The van der Waals surface area contributed by atoms with Gasteiger partial charge in [-0.1, -0.05) is 29.4 Å². The van der Waals surface area contributed by atoms with Crippen molar-refractivity contribution in [3.8, 4) is 22.8 Å². The summed E-state index contributed by atoms with van der Waals surface area (Å²) < 4.78 is 11.5. The Morgan fingerprint density at radius 2 is 2.00 bits per heavy atom. The Hall–Kier alpha value is -3.52. The molecule has 0 aliphatic heterocycles. The molecule has 0 fully saturated rings. The van der Waals surface area contributed by atoms with E-state index in [-0.39, 0.29) is 18.7 Å². The highest BCUT2D eigenvalue weighted by Gasteiger charge is 2.14. The Morgan fingerprint density at radius 3 is 2.79 bits per heavy atom. The molecule has 0 aliphatic carbocycles. The van der Waals surface area contributed by atoms with Gasteiger partial charge in [0.15, 0.2) is 0 Å². The molecule has 2 aromatic carbocycles. The van der Waals surface area contributed by atoms with Crippen molar-refractivity contribution in [3.63, 3.8) is 0 Å². The van der Waals surface area contributed by atoms with Gasteiger partial charge in [0.2, 0.25) is 5.82 Å². The van der Waals surface area contributed by atoms with Crippen LogP contribution in [0.3, 0.4) is 0 Å². The van der Waals surface area contributed by atoms with E-state index in [9.17, 15) is 9.59 Å². The summed E-state index contributed by atoms with van der Waals surface area (Å²) in [5.74, 6) is 0.793. The number of aryl methyl sites for hydroxylation is 1. The Balaban J connectivity index is 1.76. The van der Waals surface area contributed by atoms with Gasteiger partial charge in [0.1, 0.15) is 0 Å². The quantitative estimate of drug-likeness (QED) is 0.572. The van der Waals surface area contributed by atoms with Crippen molar-refractivity contribution >= 4 is 10.9 Å². The molecule has 0 amide bonds. The minimum atomic E-state index is -0.488. The highest BCUT2D eigenvalue weighted by Crippen LogP contribution is 2.25. The molecular formula is C20H18N4O4. The van der Waals surface area contributed by atoms with Crippen molar-refractivity contribution in [1.29, 1.82) is 0 Å². The first-order valence-electron chi connectivity index (χ1n) is 8.74. The molecule has 0 bridgehead atoms. The molecule has 0 unspecified atom stereocenters. The van der Waals surface area contributed by atoms with E-state index in [0.717, 1.165) is 15.7 Å². The van der Waals surface area contributed by atoms with E-state index >= 15 is 0 Å². The van der Waals surface area contributed by atoms with Gasteiger partial charge < -0.3 is 14.2 Å². The fourth-order valence-corrected chi connectivity index (χ4v) is 3.05. The summed E-state index contributed by atoms with van der Waals surface area (Å²) >= 11 is 0. The standard InChI is InChI=1S/C20H18N4O4/c1-12-5-3-4-6-14(12)17-22-18(28-23-17)13-7-8-15-16(11-13)21-20(26)24(19(15)25)9-10-27-2/h3-8,11H,9-10H2,1-2H3,(H,21,26). The van der Waals surface area contributed by atoms with Gasteiger partial charge in [0, 0.05) is 18.2 Å². The van der Waals surface area contributed by atoms with E-state index in [4.69, 9.17) is 9.26 Å². The third kappa shape index (κ3) is 3.14. The highest BCUT2D eigenvalue weighted by atomic mass is 16.5. The van der Waals surface area contributed by atoms with Crippen LogP contribution in [-0.4, -0.2) is 33.4 Å². The lowest BCUT2D eigenvalue weighted by Gasteiger charge is -2.06. The Labute approximate surface area is 159 Å². The lowest BCUT2D eigenvalue weighted by Crippen LogP contribution is -2.36. The molecule has 0 atom stereocenters. The van der Waals surface area contributed by atoms with Crippen LogP contribution in [-0.2, 0) is 11.3 Å². The number of nitrogens with zero attached hydrogens (tertiary/aromatic N) is 3.